The van der Waals surface area contributed by atoms with Crippen LogP contribution in [-0.2, 0) is 6.42 Å². The predicted octanol–water partition coefficient (Wildman–Crippen LogP) is 2.23. The Balaban J connectivity index is 2.35. The first-order chi connectivity index (χ1) is 8.52. The van der Waals surface area contributed by atoms with Gasteiger partial charge in [0, 0.05) is 11.9 Å². The number of aliphatic hydroxyl groups is 1. The molecule has 0 radical (unpaired) electrons. The highest BCUT2D eigenvalue weighted by Crippen LogP contribution is 2.16. The van der Waals surface area contributed by atoms with E-state index >= 15 is 0 Å². The number of anilines is 1. The van der Waals surface area contributed by atoms with Crippen LogP contribution in [0, 0.1) is 5.92 Å². The highest BCUT2D eigenvalue weighted by atomic mass is 32.1. The molecule has 1 heterocycles. The molecule has 6 heteroatoms. The highest BCUT2D eigenvalue weighted by Gasteiger charge is 2.11. The minimum Gasteiger partial charge on any atom is -0.391 e. The van der Waals surface area contributed by atoms with E-state index in [1.54, 1.807) is 0 Å². The Labute approximate surface area is 112 Å². The molecule has 0 saturated heterocycles. The normalized spacial score (nSPS) is 12.5. The number of aromatic nitrogens is 1. The summed E-state index contributed by atoms with van der Waals surface area (Å²) in [7, 11) is 0. The van der Waals surface area contributed by atoms with Crippen molar-refractivity contribution in [3.8, 4) is 0 Å². The molecular weight excluding hydrogens is 250 g/mol. The Kier molecular flexibility index (Phi) is 6.07. The second-order valence-electron chi connectivity index (χ2n) is 4.54. The highest BCUT2D eigenvalue weighted by molar-refractivity contribution is 7.13. The number of carbonyl (C=O) groups excluding carboxylic acids is 1. The minimum atomic E-state index is -0.525. The molecule has 1 aromatic heterocycles. The van der Waals surface area contributed by atoms with Gasteiger partial charge in [-0.05, 0) is 12.3 Å². The van der Waals surface area contributed by atoms with E-state index in [1.807, 2.05) is 19.2 Å². The second-order valence-corrected chi connectivity index (χ2v) is 5.40. The molecule has 2 amide bonds. The van der Waals surface area contributed by atoms with Crippen LogP contribution in [0.4, 0.5) is 9.93 Å². The molecule has 0 aliphatic carbocycles. The van der Waals surface area contributed by atoms with Crippen LogP contribution in [0.5, 0.6) is 0 Å². The summed E-state index contributed by atoms with van der Waals surface area (Å²) < 4.78 is 0. The molecule has 0 spiro atoms. The molecule has 1 aromatic rings. The molecule has 0 fully saturated rings. The van der Waals surface area contributed by atoms with Gasteiger partial charge in [0.2, 0.25) is 0 Å². The van der Waals surface area contributed by atoms with Gasteiger partial charge in [0.25, 0.3) is 0 Å². The van der Waals surface area contributed by atoms with Gasteiger partial charge < -0.3 is 10.4 Å². The Morgan fingerprint density at radius 1 is 1.56 bits per heavy atom. The number of nitrogens with zero attached hydrogens (tertiary/aromatic N) is 1. The van der Waals surface area contributed by atoms with Gasteiger partial charge in [-0.3, -0.25) is 5.32 Å². The van der Waals surface area contributed by atoms with Crippen LogP contribution in [-0.4, -0.2) is 28.8 Å². The van der Waals surface area contributed by atoms with Gasteiger partial charge in [0.05, 0.1) is 11.8 Å². The van der Waals surface area contributed by atoms with Gasteiger partial charge in [0.1, 0.15) is 0 Å². The monoisotopic (exact) mass is 271 g/mol. The standard InChI is InChI=1S/C12H21N3O2S/c1-4-5-9-7-18-12(14-9)15-11(17)13-6-10(16)8(2)3/h7-8,10,16H,4-6H2,1-3H3,(H2,13,14,15,17). The number of nitrogens with one attached hydrogen (secondary N) is 2. The lowest BCUT2D eigenvalue weighted by atomic mass is 10.1. The number of aliphatic hydroxyl groups excluding tert-OH is 1. The zero-order valence-corrected chi connectivity index (χ0v) is 11.9. The summed E-state index contributed by atoms with van der Waals surface area (Å²) >= 11 is 1.41. The molecule has 0 bridgehead atoms. The number of carbonyl (C=O) groups is 1. The lowest BCUT2D eigenvalue weighted by Crippen LogP contribution is -2.37. The van der Waals surface area contributed by atoms with Crippen LogP contribution in [0.2, 0.25) is 0 Å². The SMILES string of the molecule is CCCc1csc(NC(=O)NCC(O)C(C)C)n1. The van der Waals surface area contributed by atoms with Gasteiger partial charge in [-0.1, -0.05) is 27.2 Å². The molecular formula is C12H21N3O2S. The van der Waals surface area contributed by atoms with E-state index in [0.717, 1.165) is 18.5 Å². The first kappa shape index (κ1) is 14.9. The number of hydrogen-bond donors (Lipinski definition) is 3. The van der Waals surface area contributed by atoms with E-state index in [9.17, 15) is 9.90 Å². The Morgan fingerprint density at radius 2 is 2.28 bits per heavy atom. The van der Waals surface area contributed by atoms with E-state index in [2.05, 4.69) is 22.5 Å². The molecule has 18 heavy (non-hydrogen) atoms. The smallest absolute Gasteiger partial charge is 0.321 e. The lowest BCUT2D eigenvalue weighted by molar-refractivity contribution is 0.126. The van der Waals surface area contributed by atoms with E-state index in [1.165, 1.54) is 11.3 Å². The zero-order chi connectivity index (χ0) is 13.5. The van der Waals surface area contributed by atoms with Crippen molar-refractivity contribution in [2.75, 3.05) is 11.9 Å². The number of urea groups is 1. The fourth-order valence-corrected chi connectivity index (χ4v) is 2.05. The lowest BCUT2D eigenvalue weighted by Gasteiger charge is -2.14. The minimum absolute atomic E-state index is 0.126. The maximum Gasteiger partial charge on any atom is 0.321 e. The Bertz CT molecular complexity index is 379. The third kappa shape index (κ3) is 5.01. The van der Waals surface area contributed by atoms with Gasteiger partial charge in [-0.25, -0.2) is 9.78 Å². The largest absolute Gasteiger partial charge is 0.391 e. The molecule has 3 N–H and O–H groups in total. The van der Waals surface area contributed by atoms with E-state index in [-0.39, 0.29) is 18.5 Å². The summed E-state index contributed by atoms with van der Waals surface area (Å²) in [6.07, 6.45) is 1.43. The van der Waals surface area contributed by atoms with Crippen LogP contribution >= 0.6 is 11.3 Å². The maximum absolute atomic E-state index is 11.5. The third-order valence-corrected chi connectivity index (χ3v) is 3.33. The van der Waals surface area contributed by atoms with Crippen molar-refractivity contribution in [3.05, 3.63) is 11.1 Å². The van der Waals surface area contributed by atoms with Crippen molar-refractivity contribution in [1.82, 2.24) is 10.3 Å². The number of thiazole rings is 1. The summed E-state index contributed by atoms with van der Waals surface area (Å²) in [5.74, 6) is 0.126. The Morgan fingerprint density at radius 3 is 2.89 bits per heavy atom. The summed E-state index contributed by atoms with van der Waals surface area (Å²) in [4.78, 5) is 15.8. The van der Waals surface area contributed by atoms with Crippen LogP contribution in [0.1, 0.15) is 32.9 Å². The summed E-state index contributed by atoms with van der Waals surface area (Å²) in [5, 5.41) is 17.4. The van der Waals surface area contributed by atoms with Crippen molar-refractivity contribution in [3.63, 3.8) is 0 Å². The van der Waals surface area contributed by atoms with Gasteiger partial charge >= 0.3 is 6.03 Å². The molecule has 0 aliphatic rings. The summed E-state index contributed by atoms with van der Waals surface area (Å²) in [5.41, 5.74) is 1.00. The molecule has 0 aliphatic heterocycles. The zero-order valence-electron chi connectivity index (χ0n) is 11.1. The molecule has 1 atom stereocenters. The first-order valence-corrected chi connectivity index (χ1v) is 7.08. The number of hydrogen-bond acceptors (Lipinski definition) is 4. The molecule has 102 valence electrons. The molecule has 1 unspecified atom stereocenters. The van der Waals surface area contributed by atoms with Gasteiger partial charge in [-0.2, -0.15) is 0 Å². The topological polar surface area (TPSA) is 74.2 Å². The van der Waals surface area contributed by atoms with Gasteiger partial charge in [0.15, 0.2) is 5.13 Å². The van der Waals surface area contributed by atoms with Crippen molar-refractivity contribution in [1.29, 1.82) is 0 Å². The van der Waals surface area contributed by atoms with Crippen LogP contribution in [0.25, 0.3) is 0 Å². The van der Waals surface area contributed by atoms with Crippen molar-refractivity contribution in [2.24, 2.45) is 5.92 Å². The molecule has 1 rings (SSSR count). The van der Waals surface area contributed by atoms with Crippen LogP contribution in [0.15, 0.2) is 5.38 Å². The van der Waals surface area contributed by atoms with Gasteiger partial charge in [-0.15, -0.1) is 11.3 Å². The third-order valence-electron chi connectivity index (χ3n) is 2.52. The quantitative estimate of drug-likeness (QED) is 0.743. The van der Waals surface area contributed by atoms with Crippen molar-refractivity contribution < 1.29 is 9.90 Å². The first-order valence-electron chi connectivity index (χ1n) is 6.20. The Hall–Kier alpha value is -1.14. The summed E-state index contributed by atoms with van der Waals surface area (Å²) in [6.45, 7) is 6.15. The van der Waals surface area contributed by atoms with E-state index in [0.29, 0.717) is 5.13 Å². The van der Waals surface area contributed by atoms with Crippen LogP contribution < -0.4 is 10.6 Å². The van der Waals surface area contributed by atoms with Crippen molar-refractivity contribution >= 4 is 22.5 Å². The number of amides is 2. The fourth-order valence-electron chi connectivity index (χ4n) is 1.31. The maximum atomic E-state index is 11.5. The molecule has 0 saturated carbocycles. The average molecular weight is 271 g/mol. The summed E-state index contributed by atoms with van der Waals surface area (Å²) in [6, 6.07) is -0.327. The van der Waals surface area contributed by atoms with E-state index in [4.69, 9.17) is 0 Å². The number of rotatable bonds is 6. The fraction of sp³-hybridized carbons (Fsp3) is 0.667. The molecule has 0 aromatic carbocycles. The van der Waals surface area contributed by atoms with Crippen molar-refractivity contribution in [2.45, 2.75) is 39.7 Å². The molecule has 5 nitrogen and oxygen atoms in total. The predicted molar refractivity (Wildman–Crippen MR) is 74.0 cm³/mol. The van der Waals surface area contributed by atoms with Crippen LogP contribution in [0.3, 0.4) is 0 Å². The van der Waals surface area contributed by atoms with E-state index < -0.39 is 6.10 Å². The second kappa shape index (κ2) is 7.33. The average Bonchev–Trinajstić information content (AvgIpc) is 2.73. The number of aryl methyl sites for hydroxylation is 1.